The summed E-state index contributed by atoms with van der Waals surface area (Å²) < 4.78 is 0. The molecule has 84 valence electrons. The fourth-order valence-electron chi connectivity index (χ4n) is 1.47. The number of hydrazone groups is 1. The van der Waals surface area contributed by atoms with Gasteiger partial charge in [-0.3, -0.25) is 0 Å². The largest absolute Gasteiger partial charge is 0.353 e. The minimum atomic E-state index is 0.756. The highest BCUT2D eigenvalue weighted by molar-refractivity contribution is 5.99. The Labute approximate surface area is 95.5 Å². The summed E-state index contributed by atoms with van der Waals surface area (Å²) in [5.74, 6) is 0.756. The zero-order valence-corrected chi connectivity index (χ0v) is 9.62. The summed E-state index contributed by atoms with van der Waals surface area (Å²) in [5, 5.41) is 7.38. The Bertz CT molecular complexity index is 417. The molecule has 0 radical (unpaired) electrons. The van der Waals surface area contributed by atoms with Crippen LogP contribution in [0, 0.1) is 6.92 Å². The van der Waals surface area contributed by atoms with Gasteiger partial charge < -0.3 is 5.32 Å². The van der Waals surface area contributed by atoms with Crippen LogP contribution in [0.15, 0.2) is 34.4 Å². The van der Waals surface area contributed by atoms with Gasteiger partial charge in [0, 0.05) is 6.54 Å². The van der Waals surface area contributed by atoms with E-state index in [9.17, 15) is 0 Å². The number of nitrogens with zero attached hydrogens (tertiary/aromatic N) is 2. The molecule has 0 aliphatic carbocycles. The van der Waals surface area contributed by atoms with E-state index in [1.54, 1.807) is 0 Å². The third-order valence-electron chi connectivity index (χ3n) is 2.47. The molecule has 4 nitrogen and oxygen atoms in total. The second kappa shape index (κ2) is 4.79. The summed E-state index contributed by atoms with van der Waals surface area (Å²) in [5.41, 5.74) is 6.25. The van der Waals surface area contributed by atoms with Crippen molar-refractivity contribution in [2.24, 2.45) is 10.1 Å². The van der Waals surface area contributed by atoms with Gasteiger partial charge in [0.1, 0.15) is 0 Å². The van der Waals surface area contributed by atoms with E-state index in [-0.39, 0.29) is 0 Å². The Kier molecular flexibility index (Phi) is 3.19. The molecule has 4 heteroatoms. The van der Waals surface area contributed by atoms with Crippen LogP contribution >= 0.6 is 0 Å². The SMILES string of the molecule is CC(=NNC1=NCCN1)c1ccc(C)cc1. The van der Waals surface area contributed by atoms with Crippen LogP contribution in [0.3, 0.4) is 0 Å². The molecule has 0 amide bonds. The standard InChI is InChI=1S/C12H16N4/c1-9-3-5-11(6-4-9)10(2)15-16-12-13-7-8-14-12/h3-6H,7-8H2,1-2H3,(H2,13,14,16). The first kappa shape index (κ1) is 10.7. The van der Waals surface area contributed by atoms with Crippen molar-refractivity contribution >= 4 is 11.7 Å². The van der Waals surface area contributed by atoms with Crippen molar-refractivity contribution in [1.29, 1.82) is 0 Å². The van der Waals surface area contributed by atoms with Crippen molar-refractivity contribution in [2.75, 3.05) is 13.1 Å². The second-order valence-corrected chi connectivity index (χ2v) is 3.83. The molecule has 1 aliphatic rings. The fraction of sp³-hybridized carbons (Fsp3) is 0.333. The highest BCUT2D eigenvalue weighted by Gasteiger charge is 2.03. The van der Waals surface area contributed by atoms with Crippen LogP contribution in [0.25, 0.3) is 0 Å². The Hall–Kier alpha value is -1.84. The molecule has 1 aromatic carbocycles. The lowest BCUT2D eigenvalue weighted by atomic mass is 10.1. The third-order valence-corrected chi connectivity index (χ3v) is 2.47. The van der Waals surface area contributed by atoms with Crippen molar-refractivity contribution in [1.82, 2.24) is 10.7 Å². The molecule has 2 rings (SSSR count). The van der Waals surface area contributed by atoms with Crippen LogP contribution in [-0.4, -0.2) is 24.8 Å². The van der Waals surface area contributed by atoms with Crippen molar-refractivity contribution in [2.45, 2.75) is 13.8 Å². The van der Waals surface area contributed by atoms with Gasteiger partial charge in [-0.2, -0.15) is 5.10 Å². The average Bonchev–Trinajstić information content (AvgIpc) is 2.80. The number of hydrogen-bond acceptors (Lipinski definition) is 4. The van der Waals surface area contributed by atoms with Crippen molar-refractivity contribution < 1.29 is 0 Å². The maximum atomic E-state index is 4.28. The summed E-state index contributed by atoms with van der Waals surface area (Å²) >= 11 is 0. The van der Waals surface area contributed by atoms with E-state index in [4.69, 9.17) is 0 Å². The smallest absolute Gasteiger partial charge is 0.212 e. The minimum Gasteiger partial charge on any atom is -0.353 e. The van der Waals surface area contributed by atoms with Crippen LogP contribution in [0.5, 0.6) is 0 Å². The fourth-order valence-corrected chi connectivity index (χ4v) is 1.47. The molecule has 0 spiro atoms. The number of nitrogens with one attached hydrogen (secondary N) is 2. The first-order valence-corrected chi connectivity index (χ1v) is 5.41. The number of aryl methyl sites for hydroxylation is 1. The summed E-state index contributed by atoms with van der Waals surface area (Å²) in [7, 11) is 0. The number of aliphatic imine (C=N–C) groups is 1. The van der Waals surface area contributed by atoms with E-state index in [1.807, 2.05) is 6.92 Å². The zero-order valence-electron chi connectivity index (χ0n) is 9.62. The molecular weight excluding hydrogens is 200 g/mol. The van der Waals surface area contributed by atoms with Gasteiger partial charge in [0.05, 0.1) is 12.3 Å². The molecule has 1 heterocycles. The molecule has 0 aromatic heterocycles. The summed E-state index contributed by atoms with van der Waals surface area (Å²) in [6.45, 7) is 5.77. The Balaban J connectivity index is 2.03. The molecule has 1 aromatic rings. The number of rotatable bonds is 2. The molecule has 16 heavy (non-hydrogen) atoms. The topological polar surface area (TPSA) is 48.8 Å². The zero-order chi connectivity index (χ0) is 11.4. The molecule has 0 saturated heterocycles. The highest BCUT2D eigenvalue weighted by Crippen LogP contribution is 2.04. The Morgan fingerprint density at radius 3 is 2.75 bits per heavy atom. The lowest BCUT2D eigenvalue weighted by Gasteiger charge is -2.04. The normalized spacial score (nSPS) is 15.6. The quantitative estimate of drug-likeness (QED) is 0.577. The molecule has 0 fully saturated rings. The van der Waals surface area contributed by atoms with E-state index in [2.05, 4.69) is 52.0 Å². The molecule has 2 N–H and O–H groups in total. The van der Waals surface area contributed by atoms with Gasteiger partial charge in [-0.05, 0) is 19.4 Å². The van der Waals surface area contributed by atoms with Gasteiger partial charge in [0.2, 0.25) is 5.96 Å². The maximum Gasteiger partial charge on any atom is 0.212 e. The molecule has 0 unspecified atom stereocenters. The van der Waals surface area contributed by atoms with Crippen LogP contribution < -0.4 is 10.7 Å². The van der Waals surface area contributed by atoms with E-state index >= 15 is 0 Å². The Morgan fingerprint density at radius 1 is 1.38 bits per heavy atom. The second-order valence-electron chi connectivity index (χ2n) is 3.83. The Morgan fingerprint density at radius 2 is 2.12 bits per heavy atom. The van der Waals surface area contributed by atoms with Gasteiger partial charge in [0.15, 0.2) is 0 Å². The van der Waals surface area contributed by atoms with Crippen molar-refractivity contribution in [3.05, 3.63) is 35.4 Å². The number of guanidine groups is 1. The summed E-state index contributed by atoms with van der Waals surface area (Å²) in [4.78, 5) is 4.20. The van der Waals surface area contributed by atoms with Crippen LogP contribution in [-0.2, 0) is 0 Å². The molecule has 0 atom stereocenters. The molecule has 0 bridgehead atoms. The van der Waals surface area contributed by atoms with E-state index in [0.717, 1.165) is 30.3 Å². The van der Waals surface area contributed by atoms with Gasteiger partial charge in [-0.25, -0.2) is 10.4 Å². The number of benzene rings is 1. The average molecular weight is 216 g/mol. The van der Waals surface area contributed by atoms with Crippen LogP contribution in [0.1, 0.15) is 18.1 Å². The molecule has 0 saturated carbocycles. The molecule has 1 aliphatic heterocycles. The summed E-state index contributed by atoms with van der Waals surface area (Å²) in [6.07, 6.45) is 0. The van der Waals surface area contributed by atoms with E-state index in [0.29, 0.717) is 0 Å². The van der Waals surface area contributed by atoms with Gasteiger partial charge >= 0.3 is 0 Å². The van der Waals surface area contributed by atoms with Crippen LogP contribution in [0.4, 0.5) is 0 Å². The first-order valence-electron chi connectivity index (χ1n) is 5.41. The van der Waals surface area contributed by atoms with Crippen molar-refractivity contribution in [3.63, 3.8) is 0 Å². The summed E-state index contributed by atoms with van der Waals surface area (Å²) in [6, 6.07) is 8.30. The minimum absolute atomic E-state index is 0.756. The van der Waals surface area contributed by atoms with Crippen LogP contribution in [0.2, 0.25) is 0 Å². The van der Waals surface area contributed by atoms with E-state index in [1.165, 1.54) is 5.56 Å². The van der Waals surface area contributed by atoms with Gasteiger partial charge in [0.25, 0.3) is 0 Å². The third kappa shape index (κ3) is 2.59. The highest BCUT2D eigenvalue weighted by atomic mass is 15.4. The van der Waals surface area contributed by atoms with E-state index < -0.39 is 0 Å². The lowest BCUT2D eigenvalue weighted by molar-refractivity contribution is 0.917. The number of hydrogen-bond donors (Lipinski definition) is 2. The first-order chi connectivity index (χ1) is 7.75. The van der Waals surface area contributed by atoms with Gasteiger partial charge in [-0.15, -0.1) is 0 Å². The van der Waals surface area contributed by atoms with Gasteiger partial charge in [-0.1, -0.05) is 29.8 Å². The maximum absolute atomic E-state index is 4.28. The molecular formula is C12H16N4. The van der Waals surface area contributed by atoms with Crippen molar-refractivity contribution in [3.8, 4) is 0 Å². The predicted molar refractivity (Wildman–Crippen MR) is 66.8 cm³/mol. The predicted octanol–water partition coefficient (Wildman–Crippen LogP) is 1.27. The lowest BCUT2D eigenvalue weighted by Crippen LogP contribution is -2.30. The monoisotopic (exact) mass is 216 g/mol.